The molecule has 0 radical (unpaired) electrons. The highest BCUT2D eigenvalue weighted by molar-refractivity contribution is 5.75. The number of aliphatic hydroxyl groups excluding tert-OH is 1. The quantitative estimate of drug-likeness (QED) is 0.495. The molecule has 0 aromatic carbocycles. The van der Waals surface area contributed by atoms with Gasteiger partial charge in [-0.1, -0.05) is 0 Å². The van der Waals surface area contributed by atoms with Crippen molar-refractivity contribution in [3.63, 3.8) is 0 Å². The zero-order chi connectivity index (χ0) is 14.6. The zero-order valence-electron chi connectivity index (χ0n) is 9.62. The maximum absolute atomic E-state index is 13.2. The Kier molecular flexibility index (Phi) is 5.04. The van der Waals surface area contributed by atoms with Gasteiger partial charge in [-0.25, -0.2) is 4.79 Å². The van der Waals surface area contributed by atoms with E-state index in [1.807, 2.05) is 0 Å². The van der Waals surface area contributed by atoms with Crippen LogP contribution in [0.15, 0.2) is 0 Å². The summed E-state index contributed by atoms with van der Waals surface area (Å²) in [6, 6.07) is 0. The molecule has 0 amide bonds. The monoisotopic (exact) mass is 283 g/mol. The Morgan fingerprint density at radius 2 is 1.79 bits per heavy atom. The van der Waals surface area contributed by atoms with E-state index < -0.39 is 48.0 Å². The summed E-state index contributed by atoms with van der Waals surface area (Å²) >= 11 is 0. The van der Waals surface area contributed by atoms with Crippen LogP contribution in [0.2, 0.25) is 0 Å². The van der Waals surface area contributed by atoms with E-state index in [4.69, 9.17) is 5.11 Å². The standard InChI is InChI=1S/C10H9F4NO4/c1-2-18-10(17)4(3-16)19-7-5(11)8(13)15-9(14)6(7)12/h4,16H,2-3H2,1H3. The Morgan fingerprint density at radius 3 is 2.21 bits per heavy atom. The van der Waals surface area contributed by atoms with Crippen LogP contribution in [-0.4, -0.2) is 35.4 Å². The highest BCUT2D eigenvalue weighted by Crippen LogP contribution is 2.25. The second-order valence-electron chi connectivity index (χ2n) is 3.19. The number of aromatic nitrogens is 1. The van der Waals surface area contributed by atoms with E-state index >= 15 is 0 Å². The number of pyridine rings is 1. The van der Waals surface area contributed by atoms with Crippen molar-refractivity contribution in [1.29, 1.82) is 0 Å². The number of hydrogen-bond acceptors (Lipinski definition) is 5. The lowest BCUT2D eigenvalue weighted by atomic mass is 10.3. The lowest BCUT2D eigenvalue weighted by Gasteiger charge is -2.16. The van der Waals surface area contributed by atoms with Gasteiger partial charge >= 0.3 is 5.97 Å². The minimum Gasteiger partial charge on any atom is -0.470 e. The molecular weight excluding hydrogens is 274 g/mol. The number of carbonyl (C=O) groups is 1. The first-order chi connectivity index (χ1) is 8.92. The smallest absolute Gasteiger partial charge is 0.349 e. The van der Waals surface area contributed by atoms with Crippen molar-refractivity contribution in [3.05, 3.63) is 23.5 Å². The minimum absolute atomic E-state index is 0.0806. The maximum atomic E-state index is 13.2. The van der Waals surface area contributed by atoms with Crippen LogP contribution in [0.1, 0.15) is 6.92 Å². The van der Waals surface area contributed by atoms with Gasteiger partial charge in [-0.15, -0.1) is 0 Å². The topological polar surface area (TPSA) is 68.7 Å². The fraction of sp³-hybridized carbons (Fsp3) is 0.400. The van der Waals surface area contributed by atoms with E-state index in [-0.39, 0.29) is 6.61 Å². The number of nitrogens with zero attached hydrogens (tertiary/aromatic N) is 1. The van der Waals surface area contributed by atoms with Crippen LogP contribution in [0.3, 0.4) is 0 Å². The van der Waals surface area contributed by atoms with Gasteiger partial charge in [-0.3, -0.25) is 0 Å². The van der Waals surface area contributed by atoms with Crippen molar-refractivity contribution >= 4 is 5.97 Å². The molecular formula is C10H9F4NO4. The summed E-state index contributed by atoms with van der Waals surface area (Å²) in [7, 11) is 0. The van der Waals surface area contributed by atoms with Crippen LogP contribution in [-0.2, 0) is 9.53 Å². The van der Waals surface area contributed by atoms with Crippen molar-refractivity contribution < 1.29 is 36.9 Å². The molecule has 0 spiro atoms. The number of esters is 1. The van der Waals surface area contributed by atoms with E-state index in [0.29, 0.717) is 0 Å². The van der Waals surface area contributed by atoms with Crippen LogP contribution >= 0.6 is 0 Å². The van der Waals surface area contributed by atoms with Gasteiger partial charge in [0.1, 0.15) is 0 Å². The highest BCUT2D eigenvalue weighted by Gasteiger charge is 2.28. The molecule has 1 atom stereocenters. The average molecular weight is 283 g/mol. The van der Waals surface area contributed by atoms with E-state index in [0.717, 1.165) is 0 Å². The molecule has 0 aliphatic rings. The molecule has 0 saturated heterocycles. The summed E-state index contributed by atoms with van der Waals surface area (Å²) in [6.07, 6.45) is -1.81. The molecule has 1 unspecified atom stereocenters. The third kappa shape index (κ3) is 3.31. The Labute approximate surface area is 104 Å². The number of ether oxygens (including phenoxy) is 2. The number of halogens is 4. The molecule has 1 aromatic rings. The summed E-state index contributed by atoms with van der Waals surface area (Å²) in [5.74, 6) is -10.3. The zero-order valence-corrected chi connectivity index (χ0v) is 9.62. The molecule has 0 aliphatic heterocycles. The molecule has 1 rings (SSSR count). The SMILES string of the molecule is CCOC(=O)C(CO)Oc1c(F)c(F)nc(F)c1F. The van der Waals surface area contributed by atoms with Gasteiger partial charge in [-0.05, 0) is 6.92 Å². The van der Waals surface area contributed by atoms with Crippen LogP contribution in [0.4, 0.5) is 17.6 Å². The Morgan fingerprint density at radius 1 is 1.26 bits per heavy atom. The van der Waals surface area contributed by atoms with Crippen LogP contribution in [0.5, 0.6) is 5.75 Å². The summed E-state index contributed by atoms with van der Waals surface area (Å²) in [5, 5.41) is 8.83. The van der Waals surface area contributed by atoms with Crippen molar-refractivity contribution in [2.75, 3.05) is 13.2 Å². The minimum atomic E-state index is -1.94. The Bertz CT molecular complexity index is 457. The second-order valence-corrected chi connectivity index (χ2v) is 3.19. The summed E-state index contributed by atoms with van der Waals surface area (Å²) in [4.78, 5) is 13.5. The second kappa shape index (κ2) is 6.32. The predicted octanol–water partition coefficient (Wildman–Crippen LogP) is 0.941. The van der Waals surface area contributed by atoms with Gasteiger partial charge < -0.3 is 14.6 Å². The van der Waals surface area contributed by atoms with Crippen LogP contribution in [0.25, 0.3) is 0 Å². The molecule has 1 N–H and O–H groups in total. The first kappa shape index (κ1) is 15.2. The van der Waals surface area contributed by atoms with Gasteiger partial charge in [0, 0.05) is 0 Å². The van der Waals surface area contributed by atoms with E-state index in [1.165, 1.54) is 6.92 Å². The van der Waals surface area contributed by atoms with E-state index in [1.54, 1.807) is 0 Å². The molecule has 9 heteroatoms. The first-order valence-corrected chi connectivity index (χ1v) is 5.06. The molecule has 0 bridgehead atoms. The van der Waals surface area contributed by atoms with Crippen molar-refractivity contribution in [2.45, 2.75) is 13.0 Å². The molecule has 0 saturated carbocycles. The number of aliphatic hydroxyl groups is 1. The van der Waals surface area contributed by atoms with Gasteiger partial charge in [0.05, 0.1) is 13.2 Å². The lowest BCUT2D eigenvalue weighted by Crippen LogP contribution is -2.33. The molecule has 106 valence electrons. The molecule has 0 aliphatic carbocycles. The molecule has 1 aromatic heterocycles. The van der Waals surface area contributed by atoms with Gasteiger partial charge in [0.15, 0.2) is 0 Å². The van der Waals surface area contributed by atoms with E-state index in [9.17, 15) is 22.4 Å². The third-order valence-corrected chi connectivity index (χ3v) is 1.93. The molecule has 0 fully saturated rings. The largest absolute Gasteiger partial charge is 0.470 e. The van der Waals surface area contributed by atoms with Crippen molar-refractivity contribution in [2.24, 2.45) is 0 Å². The number of carbonyl (C=O) groups excluding carboxylic acids is 1. The van der Waals surface area contributed by atoms with Crippen LogP contribution < -0.4 is 4.74 Å². The van der Waals surface area contributed by atoms with Crippen molar-refractivity contribution in [3.8, 4) is 5.75 Å². The molecule has 19 heavy (non-hydrogen) atoms. The molecule has 5 nitrogen and oxygen atoms in total. The van der Waals surface area contributed by atoms with Gasteiger partial charge in [-0.2, -0.15) is 22.5 Å². The third-order valence-electron chi connectivity index (χ3n) is 1.93. The lowest BCUT2D eigenvalue weighted by molar-refractivity contribution is -0.153. The fourth-order valence-corrected chi connectivity index (χ4v) is 1.11. The predicted molar refractivity (Wildman–Crippen MR) is 52.2 cm³/mol. The van der Waals surface area contributed by atoms with Gasteiger partial charge in [0.25, 0.3) is 11.9 Å². The van der Waals surface area contributed by atoms with Crippen LogP contribution in [0, 0.1) is 23.5 Å². The highest BCUT2D eigenvalue weighted by atomic mass is 19.2. The summed E-state index contributed by atoms with van der Waals surface area (Å²) < 4.78 is 60.8. The number of hydrogen-bond donors (Lipinski definition) is 1. The Hall–Kier alpha value is -1.90. The average Bonchev–Trinajstić information content (AvgIpc) is 2.37. The number of rotatable bonds is 5. The first-order valence-electron chi connectivity index (χ1n) is 5.06. The summed E-state index contributed by atoms with van der Waals surface area (Å²) in [6.45, 7) is 0.366. The maximum Gasteiger partial charge on any atom is 0.349 e. The molecule has 1 heterocycles. The Balaban J connectivity index is 3.07. The fourth-order valence-electron chi connectivity index (χ4n) is 1.11. The van der Waals surface area contributed by atoms with Gasteiger partial charge in [0.2, 0.25) is 23.5 Å². The van der Waals surface area contributed by atoms with E-state index in [2.05, 4.69) is 14.5 Å². The summed E-state index contributed by atoms with van der Waals surface area (Å²) in [5.41, 5.74) is 0. The van der Waals surface area contributed by atoms with Crippen molar-refractivity contribution in [1.82, 2.24) is 4.98 Å². The normalized spacial score (nSPS) is 12.1.